The predicted molar refractivity (Wildman–Crippen MR) is 98.6 cm³/mol. The van der Waals surface area contributed by atoms with Gasteiger partial charge in [-0.15, -0.1) is 0 Å². The van der Waals surface area contributed by atoms with Crippen molar-refractivity contribution in [2.45, 2.75) is 20.0 Å². The predicted octanol–water partition coefficient (Wildman–Crippen LogP) is 3.56. The number of alkyl halides is 3. The maximum absolute atomic E-state index is 12.2. The van der Waals surface area contributed by atoms with Crippen LogP contribution in [0.15, 0.2) is 47.6 Å². The number of carbonyl (C=O) groups excluding carboxylic acids is 2. The fourth-order valence-corrected chi connectivity index (χ4v) is 2.21. The van der Waals surface area contributed by atoms with E-state index in [-0.39, 0.29) is 16.9 Å². The summed E-state index contributed by atoms with van der Waals surface area (Å²) in [4.78, 5) is 33.4. The van der Waals surface area contributed by atoms with E-state index in [2.05, 4.69) is 10.5 Å². The average molecular weight is 408 g/mol. The number of nitrogens with zero attached hydrogens (tertiary/aromatic N) is 2. The molecule has 0 aliphatic heterocycles. The van der Waals surface area contributed by atoms with Gasteiger partial charge in [-0.3, -0.25) is 19.7 Å². The van der Waals surface area contributed by atoms with Gasteiger partial charge in [-0.25, -0.2) is 5.43 Å². The molecule has 2 amide bonds. The first kappa shape index (κ1) is 21.5. The molecule has 0 aliphatic rings. The number of aryl methyl sites for hydroxylation is 1. The molecule has 2 N–H and O–H groups in total. The fourth-order valence-electron chi connectivity index (χ4n) is 2.21. The number of carbonyl (C=O) groups is 2. The number of hydrogen-bond donors (Lipinski definition) is 2. The minimum atomic E-state index is -4.99. The second-order valence-corrected chi connectivity index (χ2v) is 5.93. The first-order chi connectivity index (χ1) is 13.5. The van der Waals surface area contributed by atoms with Crippen LogP contribution in [0.5, 0.6) is 0 Å². The molecule has 0 aromatic heterocycles. The highest BCUT2D eigenvalue weighted by Crippen LogP contribution is 2.20. The van der Waals surface area contributed by atoms with E-state index in [1.54, 1.807) is 19.2 Å². The van der Waals surface area contributed by atoms with Crippen molar-refractivity contribution in [3.05, 3.63) is 69.3 Å². The Morgan fingerprint density at radius 1 is 1.07 bits per heavy atom. The van der Waals surface area contributed by atoms with Gasteiger partial charge in [0.05, 0.1) is 10.6 Å². The van der Waals surface area contributed by atoms with Crippen LogP contribution in [0.1, 0.15) is 28.4 Å². The Hall–Kier alpha value is -3.76. The smallest absolute Gasteiger partial charge is 0.318 e. The molecule has 0 radical (unpaired) electrons. The molecule has 8 nitrogen and oxygen atoms in total. The van der Waals surface area contributed by atoms with Gasteiger partial charge in [0.1, 0.15) is 0 Å². The van der Waals surface area contributed by atoms with E-state index >= 15 is 0 Å². The van der Waals surface area contributed by atoms with Gasteiger partial charge in [-0.05, 0) is 37.6 Å². The molecular weight excluding hydrogens is 393 g/mol. The number of nitro groups is 1. The van der Waals surface area contributed by atoms with E-state index in [4.69, 9.17) is 0 Å². The monoisotopic (exact) mass is 408 g/mol. The second kappa shape index (κ2) is 8.50. The van der Waals surface area contributed by atoms with Gasteiger partial charge in [0.25, 0.3) is 11.6 Å². The average Bonchev–Trinajstić information content (AvgIpc) is 2.65. The molecular formula is C18H15F3N4O4. The Labute approximate surface area is 162 Å². The minimum absolute atomic E-state index is 0.0454. The van der Waals surface area contributed by atoms with Crippen molar-refractivity contribution >= 4 is 28.9 Å². The number of hydrazone groups is 1. The first-order valence-corrected chi connectivity index (χ1v) is 8.07. The highest BCUT2D eigenvalue weighted by atomic mass is 19.4. The first-order valence-electron chi connectivity index (χ1n) is 8.07. The molecule has 0 aliphatic carbocycles. The molecule has 0 saturated carbocycles. The Balaban J connectivity index is 2.08. The molecule has 0 bridgehead atoms. The quantitative estimate of drug-likeness (QED) is 0.447. The summed E-state index contributed by atoms with van der Waals surface area (Å²) < 4.78 is 36.7. The summed E-state index contributed by atoms with van der Waals surface area (Å²) in [5, 5.41) is 16.5. The normalized spacial score (nSPS) is 11.7. The minimum Gasteiger partial charge on any atom is -0.318 e. The van der Waals surface area contributed by atoms with Crippen LogP contribution >= 0.6 is 0 Å². The van der Waals surface area contributed by atoms with Crippen LogP contribution in [0.25, 0.3) is 0 Å². The van der Waals surface area contributed by atoms with Gasteiger partial charge in [0, 0.05) is 22.9 Å². The number of anilines is 1. The summed E-state index contributed by atoms with van der Waals surface area (Å²) >= 11 is 0. The van der Waals surface area contributed by atoms with Crippen molar-refractivity contribution in [3.63, 3.8) is 0 Å². The number of halogens is 3. The van der Waals surface area contributed by atoms with Gasteiger partial charge in [0.2, 0.25) is 0 Å². The zero-order valence-electron chi connectivity index (χ0n) is 15.2. The lowest BCUT2D eigenvalue weighted by atomic mass is 10.1. The topological polar surface area (TPSA) is 114 Å². The molecule has 152 valence electrons. The molecule has 0 unspecified atom stereocenters. The van der Waals surface area contributed by atoms with E-state index in [1.807, 2.05) is 0 Å². The van der Waals surface area contributed by atoms with E-state index in [1.165, 1.54) is 36.4 Å². The maximum atomic E-state index is 12.2. The molecule has 0 spiro atoms. The summed E-state index contributed by atoms with van der Waals surface area (Å²) in [6, 6.07) is 9.32. The van der Waals surface area contributed by atoms with Crippen LogP contribution < -0.4 is 10.7 Å². The Morgan fingerprint density at radius 2 is 1.66 bits per heavy atom. The molecule has 2 aromatic rings. The van der Waals surface area contributed by atoms with E-state index in [9.17, 15) is 32.9 Å². The molecule has 0 fully saturated rings. The third-order valence-electron chi connectivity index (χ3n) is 3.81. The van der Waals surface area contributed by atoms with Crippen LogP contribution in [0, 0.1) is 17.0 Å². The molecule has 2 rings (SSSR count). The number of benzene rings is 2. The van der Waals surface area contributed by atoms with Gasteiger partial charge in [-0.2, -0.15) is 18.3 Å². The van der Waals surface area contributed by atoms with Crippen molar-refractivity contribution in [2.75, 3.05) is 5.32 Å². The molecule has 0 saturated heterocycles. The zero-order valence-corrected chi connectivity index (χ0v) is 15.2. The third-order valence-corrected chi connectivity index (χ3v) is 3.81. The van der Waals surface area contributed by atoms with Gasteiger partial charge in [0.15, 0.2) is 0 Å². The van der Waals surface area contributed by atoms with Crippen molar-refractivity contribution in [3.8, 4) is 0 Å². The summed E-state index contributed by atoms with van der Waals surface area (Å²) in [6.07, 6.45) is -4.99. The van der Waals surface area contributed by atoms with Crippen molar-refractivity contribution < 1.29 is 27.7 Å². The summed E-state index contributed by atoms with van der Waals surface area (Å²) in [5.74, 6) is -2.75. The lowest BCUT2D eigenvalue weighted by molar-refractivity contribution is -0.385. The standard InChI is InChI=1S/C18H15F3N4O4/c1-10-3-4-13(9-15(10)25(28)29)16(26)24-23-11(2)12-5-7-14(8-6-12)22-17(27)18(19,20)21/h3-9H,1-2H3,(H,22,27)(H,24,26). The molecule has 29 heavy (non-hydrogen) atoms. The van der Waals surface area contributed by atoms with Crippen molar-refractivity contribution in [1.82, 2.24) is 5.43 Å². The molecule has 2 aromatic carbocycles. The van der Waals surface area contributed by atoms with Crippen LogP contribution in [0.3, 0.4) is 0 Å². The number of nitrogens with one attached hydrogen (secondary N) is 2. The number of amides is 2. The Kier molecular flexibility index (Phi) is 6.32. The van der Waals surface area contributed by atoms with E-state index < -0.39 is 22.9 Å². The second-order valence-electron chi connectivity index (χ2n) is 5.93. The van der Waals surface area contributed by atoms with Gasteiger partial charge in [-0.1, -0.05) is 18.2 Å². The fraction of sp³-hybridized carbons (Fsp3) is 0.167. The van der Waals surface area contributed by atoms with Crippen LogP contribution in [-0.4, -0.2) is 28.6 Å². The summed E-state index contributed by atoms with van der Waals surface area (Å²) in [5.41, 5.74) is 3.26. The zero-order chi connectivity index (χ0) is 21.8. The van der Waals surface area contributed by atoms with Crippen molar-refractivity contribution in [2.24, 2.45) is 5.10 Å². The maximum Gasteiger partial charge on any atom is 0.471 e. The summed E-state index contributed by atoms with van der Waals surface area (Å²) in [7, 11) is 0. The lowest BCUT2D eigenvalue weighted by Gasteiger charge is -2.08. The van der Waals surface area contributed by atoms with Gasteiger partial charge >= 0.3 is 12.1 Å². The third kappa shape index (κ3) is 5.61. The largest absolute Gasteiger partial charge is 0.471 e. The SMILES string of the molecule is CC(=NNC(=O)c1ccc(C)c([N+](=O)[O-])c1)c1ccc(NC(=O)C(F)(F)F)cc1. The van der Waals surface area contributed by atoms with E-state index in [0.29, 0.717) is 16.8 Å². The highest BCUT2D eigenvalue weighted by Gasteiger charge is 2.38. The Morgan fingerprint density at radius 3 is 2.21 bits per heavy atom. The van der Waals surface area contributed by atoms with E-state index in [0.717, 1.165) is 6.07 Å². The lowest BCUT2D eigenvalue weighted by Crippen LogP contribution is -2.29. The number of rotatable bonds is 5. The van der Waals surface area contributed by atoms with Crippen LogP contribution in [0.4, 0.5) is 24.5 Å². The highest BCUT2D eigenvalue weighted by molar-refractivity contribution is 6.01. The number of nitro benzene ring substituents is 1. The Bertz CT molecular complexity index is 986. The number of hydrogen-bond acceptors (Lipinski definition) is 5. The molecule has 11 heteroatoms. The van der Waals surface area contributed by atoms with Crippen molar-refractivity contribution in [1.29, 1.82) is 0 Å². The summed E-state index contributed by atoms with van der Waals surface area (Å²) in [6.45, 7) is 3.09. The van der Waals surface area contributed by atoms with Crippen LogP contribution in [-0.2, 0) is 4.79 Å². The van der Waals surface area contributed by atoms with Crippen LogP contribution in [0.2, 0.25) is 0 Å². The van der Waals surface area contributed by atoms with Gasteiger partial charge < -0.3 is 5.32 Å². The molecule has 0 atom stereocenters. The molecule has 0 heterocycles.